The molecule has 0 radical (unpaired) electrons. The minimum absolute atomic E-state index is 0.152. The van der Waals surface area contributed by atoms with E-state index in [1.807, 2.05) is 6.92 Å². The van der Waals surface area contributed by atoms with Crippen LogP contribution in [0.4, 0.5) is 0 Å². The van der Waals surface area contributed by atoms with Crippen molar-refractivity contribution in [3.05, 3.63) is 0 Å². The van der Waals surface area contributed by atoms with E-state index in [1.165, 1.54) is 0 Å². The van der Waals surface area contributed by atoms with Crippen LogP contribution < -0.4 is 0 Å². The van der Waals surface area contributed by atoms with Crippen molar-refractivity contribution in [2.24, 2.45) is 5.92 Å². The fraction of sp³-hybridized carbons (Fsp3) is 0.923. The van der Waals surface area contributed by atoms with E-state index in [0.717, 1.165) is 45.6 Å². The number of hydrogen-bond donors (Lipinski definition) is 0. The van der Waals surface area contributed by atoms with Crippen molar-refractivity contribution in [1.29, 1.82) is 0 Å². The fourth-order valence-electron chi connectivity index (χ4n) is 2.61. The Morgan fingerprint density at radius 2 is 2.12 bits per heavy atom. The normalized spacial score (nSPS) is 27.5. The summed E-state index contributed by atoms with van der Waals surface area (Å²) in [6.45, 7) is 6.80. The molecule has 0 aromatic carbocycles. The molecule has 2 heterocycles. The van der Waals surface area contributed by atoms with Gasteiger partial charge in [-0.25, -0.2) is 0 Å². The zero-order chi connectivity index (χ0) is 12.1. The smallest absolute Gasteiger partial charge is 0.152 e. The lowest BCUT2D eigenvalue weighted by molar-refractivity contribution is -0.124. The van der Waals surface area contributed by atoms with E-state index in [2.05, 4.69) is 4.90 Å². The van der Waals surface area contributed by atoms with Gasteiger partial charge in [0.1, 0.15) is 0 Å². The molecule has 1 atom stereocenters. The van der Waals surface area contributed by atoms with E-state index in [9.17, 15) is 4.79 Å². The number of nitrogens with zero attached hydrogens (tertiary/aromatic N) is 1. The first-order valence-corrected chi connectivity index (χ1v) is 6.74. The van der Waals surface area contributed by atoms with Crippen LogP contribution in [-0.2, 0) is 14.3 Å². The summed E-state index contributed by atoms with van der Waals surface area (Å²) in [5.74, 6) is 0.511. The van der Waals surface area contributed by atoms with Gasteiger partial charge in [0.2, 0.25) is 0 Å². The maximum absolute atomic E-state index is 12.0. The van der Waals surface area contributed by atoms with E-state index < -0.39 is 0 Å². The molecule has 2 fully saturated rings. The Kier molecular flexibility index (Phi) is 4.95. The molecule has 0 spiro atoms. The molecule has 2 saturated heterocycles. The van der Waals surface area contributed by atoms with Crippen LogP contribution in [0, 0.1) is 5.92 Å². The van der Waals surface area contributed by atoms with Crippen molar-refractivity contribution in [3.8, 4) is 0 Å². The second-order valence-electron chi connectivity index (χ2n) is 4.96. The number of piperidine rings is 1. The van der Waals surface area contributed by atoms with E-state index >= 15 is 0 Å². The fourth-order valence-corrected chi connectivity index (χ4v) is 2.61. The van der Waals surface area contributed by atoms with Gasteiger partial charge in [-0.2, -0.15) is 0 Å². The van der Waals surface area contributed by atoms with Gasteiger partial charge in [-0.15, -0.1) is 0 Å². The molecule has 0 aromatic heterocycles. The van der Waals surface area contributed by atoms with Crippen LogP contribution in [-0.4, -0.2) is 56.2 Å². The SMILES string of the molecule is CCOC1CCN(CC(=O)C2CCOC2)CC1. The second kappa shape index (κ2) is 6.47. The molecular weight excluding hydrogens is 218 g/mol. The lowest BCUT2D eigenvalue weighted by atomic mass is 10.0. The predicted octanol–water partition coefficient (Wildman–Crippen LogP) is 1.09. The zero-order valence-electron chi connectivity index (χ0n) is 10.7. The maximum atomic E-state index is 12.0. The summed E-state index contributed by atoms with van der Waals surface area (Å²) in [5.41, 5.74) is 0. The molecule has 98 valence electrons. The van der Waals surface area contributed by atoms with Crippen molar-refractivity contribution in [2.75, 3.05) is 39.5 Å². The zero-order valence-corrected chi connectivity index (χ0v) is 10.7. The van der Waals surface area contributed by atoms with Crippen molar-refractivity contribution in [3.63, 3.8) is 0 Å². The number of Topliss-reactive ketones (excluding diaryl/α,β-unsaturated/α-hetero) is 1. The molecule has 4 heteroatoms. The van der Waals surface area contributed by atoms with Gasteiger partial charge >= 0.3 is 0 Å². The summed E-state index contributed by atoms with van der Waals surface area (Å²) in [7, 11) is 0. The third-order valence-corrected chi connectivity index (χ3v) is 3.70. The van der Waals surface area contributed by atoms with Crippen LogP contribution in [0.1, 0.15) is 26.2 Å². The highest BCUT2D eigenvalue weighted by Crippen LogP contribution is 2.17. The average Bonchev–Trinajstić information content (AvgIpc) is 2.86. The van der Waals surface area contributed by atoms with Gasteiger partial charge in [-0.3, -0.25) is 9.69 Å². The Balaban J connectivity index is 1.68. The van der Waals surface area contributed by atoms with Crippen LogP contribution >= 0.6 is 0 Å². The summed E-state index contributed by atoms with van der Waals surface area (Å²) in [6, 6.07) is 0. The summed E-state index contributed by atoms with van der Waals surface area (Å²) in [4.78, 5) is 14.2. The standard InChI is InChI=1S/C13H23NO3/c1-2-17-12-3-6-14(7-4-12)9-13(15)11-5-8-16-10-11/h11-12H,2-10H2,1H3. The first-order valence-electron chi connectivity index (χ1n) is 6.74. The van der Waals surface area contributed by atoms with Gasteiger partial charge in [-0.05, 0) is 26.2 Å². The average molecular weight is 241 g/mol. The number of carbonyl (C=O) groups is 1. The largest absolute Gasteiger partial charge is 0.381 e. The highest BCUT2D eigenvalue weighted by atomic mass is 16.5. The first-order chi connectivity index (χ1) is 8.29. The van der Waals surface area contributed by atoms with Crippen LogP contribution in [0.25, 0.3) is 0 Å². The molecule has 0 bridgehead atoms. The molecule has 2 rings (SSSR count). The molecule has 2 aliphatic heterocycles. The number of hydrogen-bond acceptors (Lipinski definition) is 4. The minimum atomic E-state index is 0.152. The van der Waals surface area contributed by atoms with E-state index in [4.69, 9.17) is 9.47 Å². The first kappa shape index (κ1) is 13.0. The molecule has 1 unspecified atom stereocenters. The van der Waals surface area contributed by atoms with Crippen LogP contribution in [0.2, 0.25) is 0 Å². The van der Waals surface area contributed by atoms with Gasteiger partial charge in [0.25, 0.3) is 0 Å². The quantitative estimate of drug-likeness (QED) is 0.722. The molecule has 0 N–H and O–H groups in total. The summed E-state index contributed by atoms with van der Waals surface area (Å²) in [5, 5.41) is 0. The van der Waals surface area contributed by atoms with Crippen LogP contribution in [0.15, 0.2) is 0 Å². The van der Waals surface area contributed by atoms with Gasteiger partial charge < -0.3 is 9.47 Å². The van der Waals surface area contributed by atoms with Crippen LogP contribution in [0.5, 0.6) is 0 Å². The van der Waals surface area contributed by atoms with Gasteiger partial charge in [0.05, 0.1) is 19.3 Å². The molecule has 2 aliphatic rings. The Morgan fingerprint density at radius 3 is 2.71 bits per heavy atom. The Labute approximate surface area is 103 Å². The highest BCUT2D eigenvalue weighted by molar-refractivity contribution is 5.83. The number of ether oxygens (including phenoxy) is 2. The van der Waals surface area contributed by atoms with E-state index in [-0.39, 0.29) is 5.92 Å². The lowest BCUT2D eigenvalue weighted by Crippen LogP contribution is -2.41. The highest BCUT2D eigenvalue weighted by Gasteiger charge is 2.27. The molecular formula is C13H23NO3. The number of ketones is 1. The number of rotatable bonds is 5. The molecule has 4 nitrogen and oxygen atoms in total. The predicted molar refractivity (Wildman–Crippen MR) is 65.0 cm³/mol. The number of carbonyl (C=O) groups excluding carboxylic acids is 1. The van der Waals surface area contributed by atoms with Crippen LogP contribution in [0.3, 0.4) is 0 Å². The lowest BCUT2D eigenvalue weighted by Gasteiger charge is -2.31. The molecule has 0 aromatic rings. The Hall–Kier alpha value is -0.450. The summed E-state index contributed by atoms with van der Waals surface area (Å²) < 4.78 is 10.9. The topological polar surface area (TPSA) is 38.8 Å². The Bertz CT molecular complexity index is 243. The molecule has 0 aliphatic carbocycles. The van der Waals surface area contributed by atoms with Crippen molar-refractivity contribution in [1.82, 2.24) is 4.90 Å². The van der Waals surface area contributed by atoms with Gasteiger partial charge in [-0.1, -0.05) is 0 Å². The third kappa shape index (κ3) is 3.76. The second-order valence-corrected chi connectivity index (χ2v) is 4.96. The third-order valence-electron chi connectivity index (χ3n) is 3.70. The maximum Gasteiger partial charge on any atom is 0.152 e. The molecule has 17 heavy (non-hydrogen) atoms. The van der Waals surface area contributed by atoms with E-state index in [1.54, 1.807) is 0 Å². The summed E-state index contributed by atoms with van der Waals surface area (Å²) >= 11 is 0. The van der Waals surface area contributed by atoms with Crippen molar-refractivity contribution < 1.29 is 14.3 Å². The van der Waals surface area contributed by atoms with Gasteiger partial charge in [0.15, 0.2) is 5.78 Å². The van der Waals surface area contributed by atoms with Crippen molar-refractivity contribution >= 4 is 5.78 Å². The Morgan fingerprint density at radius 1 is 1.35 bits per heavy atom. The monoisotopic (exact) mass is 241 g/mol. The number of likely N-dealkylation sites (tertiary alicyclic amines) is 1. The molecule has 0 saturated carbocycles. The molecule has 0 amide bonds. The summed E-state index contributed by atoms with van der Waals surface area (Å²) in [6.07, 6.45) is 3.43. The van der Waals surface area contributed by atoms with Gasteiger partial charge in [0, 0.05) is 32.2 Å². The van der Waals surface area contributed by atoms with E-state index in [0.29, 0.717) is 25.0 Å². The minimum Gasteiger partial charge on any atom is -0.381 e. The van der Waals surface area contributed by atoms with Crippen molar-refractivity contribution in [2.45, 2.75) is 32.3 Å².